The quantitative estimate of drug-likeness (QED) is 0.660. The van der Waals surface area contributed by atoms with Crippen LogP contribution in [-0.4, -0.2) is 27.6 Å². The number of aromatic nitrogens is 2. The minimum atomic E-state index is -0.499. The molecule has 2 aliphatic rings. The van der Waals surface area contributed by atoms with Gasteiger partial charge in [0.25, 0.3) is 0 Å². The number of hydrogen-bond acceptors (Lipinski definition) is 9. The van der Waals surface area contributed by atoms with Crippen molar-refractivity contribution in [2.24, 2.45) is 11.5 Å². The molecule has 0 radical (unpaired) electrons. The van der Waals surface area contributed by atoms with Crippen LogP contribution in [0.3, 0.4) is 0 Å². The SMILES string of the molecule is Cc1ccc(C2C(C#N)=C(N)N(c3nnc(SCC(N)=O)s3)C3=C2C(=O)CCC3)cc1. The first kappa shape index (κ1) is 21.1. The van der Waals surface area contributed by atoms with Gasteiger partial charge in [-0.2, -0.15) is 5.26 Å². The van der Waals surface area contributed by atoms with Gasteiger partial charge in [-0.25, -0.2) is 0 Å². The van der Waals surface area contributed by atoms with Crippen molar-refractivity contribution >= 4 is 39.9 Å². The number of amides is 1. The van der Waals surface area contributed by atoms with Gasteiger partial charge in [0, 0.05) is 17.7 Å². The standard InChI is InChI=1S/C21H20N6O2S2/c1-11-5-7-12(8-6-11)17-13(9-22)19(24)27(14-3-2-4-15(28)18(14)17)20-25-26-21(31-20)30-10-16(23)29/h5-8,17H,2-4,10,24H2,1H3,(H2,23,29). The lowest BCUT2D eigenvalue weighted by Gasteiger charge is -2.38. The number of carbonyl (C=O) groups excluding carboxylic acids is 2. The highest BCUT2D eigenvalue weighted by atomic mass is 32.2. The summed E-state index contributed by atoms with van der Waals surface area (Å²) in [7, 11) is 0. The molecule has 31 heavy (non-hydrogen) atoms. The van der Waals surface area contributed by atoms with E-state index in [1.807, 2.05) is 31.2 Å². The van der Waals surface area contributed by atoms with Crippen LogP contribution in [0.1, 0.15) is 36.3 Å². The van der Waals surface area contributed by atoms with Crippen molar-refractivity contribution in [3.05, 3.63) is 58.1 Å². The molecule has 2 aromatic rings. The Morgan fingerprint density at radius 2 is 2.06 bits per heavy atom. The van der Waals surface area contributed by atoms with Crippen LogP contribution in [-0.2, 0) is 9.59 Å². The Bertz CT molecular complexity index is 1160. The number of hydrogen-bond donors (Lipinski definition) is 2. The van der Waals surface area contributed by atoms with Gasteiger partial charge in [-0.3, -0.25) is 14.5 Å². The fourth-order valence-electron chi connectivity index (χ4n) is 3.88. The smallest absolute Gasteiger partial charge is 0.227 e. The summed E-state index contributed by atoms with van der Waals surface area (Å²) < 4.78 is 0.560. The molecular weight excluding hydrogens is 432 g/mol. The number of nitriles is 1. The monoisotopic (exact) mass is 452 g/mol. The van der Waals surface area contributed by atoms with Crippen LogP contribution in [0.5, 0.6) is 0 Å². The zero-order valence-corrected chi connectivity index (χ0v) is 18.4. The van der Waals surface area contributed by atoms with Crippen molar-refractivity contribution in [3.63, 3.8) is 0 Å². The lowest BCUT2D eigenvalue weighted by Crippen LogP contribution is -2.38. The number of thioether (sulfide) groups is 1. The fraction of sp³-hybridized carbons (Fsp3) is 0.286. The number of aryl methyl sites for hydroxylation is 1. The number of Topliss-reactive ketones (excluding diaryl/α,β-unsaturated/α-hetero) is 1. The van der Waals surface area contributed by atoms with E-state index in [1.54, 1.807) is 4.90 Å². The second-order valence-corrected chi connectivity index (χ2v) is 9.51. The van der Waals surface area contributed by atoms with E-state index in [1.165, 1.54) is 23.1 Å². The van der Waals surface area contributed by atoms with Crippen LogP contribution in [0, 0.1) is 18.3 Å². The zero-order valence-electron chi connectivity index (χ0n) is 16.8. The van der Waals surface area contributed by atoms with Gasteiger partial charge in [0.05, 0.1) is 23.3 Å². The molecule has 1 aromatic carbocycles. The first-order valence-electron chi connectivity index (χ1n) is 9.68. The van der Waals surface area contributed by atoms with Crippen molar-refractivity contribution in [1.82, 2.24) is 10.2 Å². The molecule has 1 aromatic heterocycles. The molecule has 0 spiro atoms. The molecule has 4 N–H and O–H groups in total. The molecule has 8 nitrogen and oxygen atoms in total. The maximum atomic E-state index is 13.1. The maximum absolute atomic E-state index is 13.1. The molecule has 1 amide bonds. The summed E-state index contributed by atoms with van der Waals surface area (Å²) >= 11 is 2.43. The Morgan fingerprint density at radius 3 is 2.74 bits per heavy atom. The van der Waals surface area contributed by atoms with E-state index in [0.29, 0.717) is 39.9 Å². The third kappa shape index (κ3) is 3.94. The van der Waals surface area contributed by atoms with Crippen LogP contribution in [0.15, 0.2) is 51.3 Å². The van der Waals surface area contributed by atoms with E-state index in [0.717, 1.165) is 16.8 Å². The number of nitrogens with two attached hydrogens (primary N) is 2. The lowest BCUT2D eigenvalue weighted by atomic mass is 9.75. The van der Waals surface area contributed by atoms with E-state index < -0.39 is 11.8 Å². The molecule has 1 aliphatic carbocycles. The van der Waals surface area contributed by atoms with Crippen molar-refractivity contribution in [1.29, 1.82) is 5.26 Å². The summed E-state index contributed by atoms with van der Waals surface area (Å²) in [4.78, 5) is 25.8. The van der Waals surface area contributed by atoms with Crippen LogP contribution in [0.4, 0.5) is 5.13 Å². The van der Waals surface area contributed by atoms with Gasteiger partial charge in [-0.1, -0.05) is 52.9 Å². The Labute approximate surface area is 187 Å². The Morgan fingerprint density at radius 1 is 1.32 bits per heavy atom. The zero-order chi connectivity index (χ0) is 22.1. The minimum absolute atomic E-state index is 0.0184. The second-order valence-electron chi connectivity index (χ2n) is 7.33. The number of carbonyl (C=O) groups is 2. The number of benzene rings is 1. The van der Waals surface area contributed by atoms with Gasteiger partial charge in [0.2, 0.25) is 11.0 Å². The van der Waals surface area contributed by atoms with E-state index in [-0.39, 0.29) is 17.4 Å². The molecule has 0 saturated carbocycles. The molecule has 2 heterocycles. The van der Waals surface area contributed by atoms with E-state index in [4.69, 9.17) is 11.5 Å². The average molecular weight is 453 g/mol. The van der Waals surface area contributed by atoms with Gasteiger partial charge < -0.3 is 11.5 Å². The largest absolute Gasteiger partial charge is 0.384 e. The first-order chi connectivity index (χ1) is 14.9. The fourth-order valence-corrected chi connectivity index (χ4v) is 5.50. The number of anilines is 1. The first-order valence-corrected chi connectivity index (χ1v) is 11.5. The molecule has 0 saturated heterocycles. The highest BCUT2D eigenvalue weighted by molar-refractivity contribution is 8.01. The van der Waals surface area contributed by atoms with E-state index in [9.17, 15) is 14.9 Å². The van der Waals surface area contributed by atoms with Crippen LogP contribution >= 0.6 is 23.1 Å². The summed E-state index contributed by atoms with van der Waals surface area (Å²) in [6.07, 6.45) is 1.78. The number of rotatable bonds is 5. The second kappa shape index (κ2) is 8.53. The molecule has 4 rings (SSSR count). The van der Waals surface area contributed by atoms with Crippen molar-refractivity contribution in [2.45, 2.75) is 36.4 Å². The Hall–Kier alpha value is -3.16. The van der Waals surface area contributed by atoms with Gasteiger partial charge in [-0.05, 0) is 25.3 Å². The topological polar surface area (TPSA) is 139 Å². The molecule has 1 unspecified atom stereocenters. The molecule has 158 valence electrons. The normalized spacial score (nSPS) is 18.8. The predicted molar refractivity (Wildman–Crippen MR) is 119 cm³/mol. The molecule has 10 heteroatoms. The van der Waals surface area contributed by atoms with Gasteiger partial charge in [-0.15, -0.1) is 10.2 Å². The van der Waals surface area contributed by atoms with Crippen LogP contribution < -0.4 is 16.4 Å². The summed E-state index contributed by atoms with van der Waals surface area (Å²) in [5.41, 5.74) is 15.4. The number of primary amides is 1. The molecule has 0 fully saturated rings. The highest BCUT2D eigenvalue weighted by Gasteiger charge is 2.41. The maximum Gasteiger partial charge on any atom is 0.227 e. The van der Waals surface area contributed by atoms with E-state index in [2.05, 4.69) is 16.3 Å². The lowest BCUT2D eigenvalue weighted by molar-refractivity contribution is -0.116. The van der Waals surface area contributed by atoms with Gasteiger partial charge in [0.1, 0.15) is 5.82 Å². The third-order valence-electron chi connectivity index (χ3n) is 5.25. The molecule has 0 bridgehead atoms. The van der Waals surface area contributed by atoms with Crippen LogP contribution in [0.2, 0.25) is 0 Å². The summed E-state index contributed by atoms with van der Waals surface area (Å²) in [5, 5.41) is 18.8. The highest BCUT2D eigenvalue weighted by Crippen LogP contribution is 2.47. The molecule has 1 atom stereocenters. The van der Waals surface area contributed by atoms with Gasteiger partial charge in [0.15, 0.2) is 10.1 Å². The summed E-state index contributed by atoms with van der Waals surface area (Å²) in [6, 6.07) is 10.0. The average Bonchev–Trinajstić information content (AvgIpc) is 3.21. The number of nitrogens with zero attached hydrogens (tertiary/aromatic N) is 4. The Kier molecular flexibility index (Phi) is 5.80. The Balaban J connectivity index is 1.83. The van der Waals surface area contributed by atoms with Gasteiger partial charge >= 0.3 is 0 Å². The minimum Gasteiger partial charge on any atom is -0.384 e. The summed E-state index contributed by atoms with van der Waals surface area (Å²) in [5.74, 6) is -0.587. The van der Waals surface area contributed by atoms with Crippen molar-refractivity contribution in [2.75, 3.05) is 10.7 Å². The van der Waals surface area contributed by atoms with Crippen molar-refractivity contribution < 1.29 is 9.59 Å². The third-order valence-corrected chi connectivity index (χ3v) is 7.31. The molecule has 1 aliphatic heterocycles. The number of ketones is 1. The van der Waals surface area contributed by atoms with Crippen LogP contribution in [0.25, 0.3) is 0 Å². The number of allylic oxidation sites excluding steroid dienone is 3. The van der Waals surface area contributed by atoms with E-state index >= 15 is 0 Å². The summed E-state index contributed by atoms with van der Waals surface area (Å²) in [6.45, 7) is 1.99. The predicted octanol–water partition coefficient (Wildman–Crippen LogP) is 2.73. The molecular formula is C21H20N6O2S2. The van der Waals surface area contributed by atoms with Crippen molar-refractivity contribution in [3.8, 4) is 6.07 Å².